The van der Waals surface area contributed by atoms with Crippen LogP contribution >= 0.6 is 0 Å². The van der Waals surface area contributed by atoms with Crippen LogP contribution in [0.4, 0.5) is 5.82 Å². The number of pyridine rings is 1. The number of hydrogen-bond acceptors (Lipinski definition) is 5. The SMILES string of the molecule is CN(CCCOc1ccccc1)C(=O)CN1CCN(c2ccccn2)CC1. The van der Waals surface area contributed by atoms with Crippen molar-refractivity contribution >= 4 is 11.7 Å². The molecule has 1 amide bonds. The minimum atomic E-state index is 0.168. The molecule has 27 heavy (non-hydrogen) atoms. The maximum Gasteiger partial charge on any atom is 0.236 e. The lowest BCUT2D eigenvalue weighted by atomic mass is 10.3. The number of piperazine rings is 1. The molecule has 1 aromatic heterocycles. The van der Waals surface area contributed by atoms with Crippen LogP contribution in [0.5, 0.6) is 5.75 Å². The number of benzene rings is 1. The van der Waals surface area contributed by atoms with Crippen molar-refractivity contribution in [2.75, 3.05) is 57.8 Å². The molecule has 0 atom stereocenters. The zero-order valence-corrected chi connectivity index (χ0v) is 16.0. The summed E-state index contributed by atoms with van der Waals surface area (Å²) in [5.41, 5.74) is 0. The van der Waals surface area contributed by atoms with Gasteiger partial charge in [-0.2, -0.15) is 0 Å². The maximum absolute atomic E-state index is 12.4. The number of nitrogens with zero attached hydrogens (tertiary/aromatic N) is 4. The van der Waals surface area contributed by atoms with Crippen LogP contribution in [0.3, 0.4) is 0 Å². The van der Waals surface area contributed by atoms with Crippen LogP contribution in [0.2, 0.25) is 0 Å². The summed E-state index contributed by atoms with van der Waals surface area (Å²) in [7, 11) is 1.87. The minimum absolute atomic E-state index is 0.168. The molecule has 1 aliphatic rings. The molecule has 0 unspecified atom stereocenters. The van der Waals surface area contributed by atoms with E-state index in [0.717, 1.165) is 44.2 Å². The second-order valence-corrected chi connectivity index (χ2v) is 6.78. The molecule has 0 bridgehead atoms. The smallest absolute Gasteiger partial charge is 0.236 e. The lowest BCUT2D eigenvalue weighted by molar-refractivity contribution is -0.131. The Kier molecular flexibility index (Phi) is 7.04. The molecule has 3 rings (SSSR count). The standard InChI is InChI=1S/C21H28N4O2/c1-23(12-7-17-27-19-8-3-2-4-9-19)21(26)18-24-13-15-25(16-14-24)20-10-5-6-11-22-20/h2-6,8-11H,7,12-18H2,1H3. The van der Waals surface area contributed by atoms with Gasteiger partial charge in [0.2, 0.25) is 5.91 Å². The fraction of sp³-hybridized carbons (Fsp3) is 0.429. The largest absolute Gasteiger partial charge is 0.494 e. The van der Waals surface area contributed by atoms with Crippen molar-refractivity contribution in [3.8, 4) is 5.75 Å². The van der Waals surface area contributed by atoms with Crippen molar-refractivity contribution in [3.63, 3.8) is 0 Å². The third-order valence-corrected chi connectivity index (χ3v) is 4.78. The van der Waals surface area contributed by atoms with Crippen molar-refractivity contribution in [1.29, 1.82) is 0 Å². The summed E-state index contributed by atoms with van der Waals surface area (Å²) in [5.74, 6) is 2.05. The van der Waals surface area contributed by atoms with E-state index in [0.29, 0.717) is 19.7 Å². The predicted octanol–water partition coefficient (Wildman–Crippen LogP) is 2.13. The molecule has 2 aromatic rings. The third-order valence-electron chi connectivity index (χ3n) is 4.78. The van der Waals surface area contributed by atoms with E-state index >= 15 is 0 Å². The van der Waals surface area contributed by atoms with Gasteiger partial charge in [-0.1, -0.05) is 24.3 Å². The number of carbonyl (C=O) groups is 1. The van der Waals surface area contributed by atoms with Gasteiger partial charge in [-0.15, -0.1) is 0 Å². The van der Waals surface area contributed by atoms with Gasteiger partial charge in [0.25, 0.3) is 0 Å². The van der Waals surface area contributed by atoms with Crippen molar-refractivity contribution in [2.24, 2.45) is 0 Å². The summed E-state index contributed by atoms with van der Waals surface area (Å²) >= 11 is 0. The van der Waals surface area contributed by atoms with Crippen LogP contribution in [0.25, 0.3) is 0 Å². The lowest BCUT2D eigenvalue weighted by Gasteiger charge is -2.35. The molecule has 1 aromatic carbocycles. The van der Waals surface area contributed by atoms with E-state index in [1.807, 2.05) is 61.8 Å². The molecule has 6 heteroatoms. The molecule has 6 nitrogen and oxygen atoms in total. The molecule has 1 fully saturated rings. The molecule has 0 spiro atoms. The Morgan fingerprint density at radius 1 is 1.07 bits per heavy atom. The van der Waals surface area contributed by atoms with Gasteiger partial charge in [0.15, 0.2) is 0 Å². The Morgan fingerprint density at radius 3 is 2.52 bits per heavy atom. The molecular formula is C21H28N4O2. The summed E-state index contributed by atoms with van der Waals surface area (Å²) in [6.07, 6.45) is 2.65. The predicted molar refractivity (Wildman–Crippen MR) is 107 cm³/mol. The monoisotopic (exact) mass is 368 g/mol. The van der Waals surface area contributed by atoms with E-state index in [1.54, 1.807) is 4.90 Å². The Bertz CT molecular complexity index is 688. The fourth-order valence-electron chi connectivity index (χ4n) is 3.12. The van der Waals surface area contributed by atoms with E-state index in [1.165, 1.54) is 0 Å². The number of ether oxygens (including phenoxy) is 1. The number of para-hydroxylation sites is 1. The lowest BCUT2D eigenvalue weighted by Crippen LogP contribution is -2.50. The third kappa shape index (κ3) is 5.96. The second-order valence-electron chi connectivity index (χ2n) is 6.78. The van der Waals surface area contributed by atoms with Crippen molar-refractivity contribution in [3.05, 3.63) is 54.7 Å². The Labute approximate surface area is 161 Å². The molecule has 0 saturated carbocycles. The molecule has 2 heterocycles. The van der Waals surface area contributed by atoms with Crippen LogP contribution in [-0.4, -0.2) is 73.6 Å². The summed E-state index contributed by atoms with van der Waals surface area (Å²) in [4.78, 5) is 23.1. The summed E-state index contributed by atoms with van der Waals surface area (Å²) < 4.78 is 5.68. The Balaban J connectivity index is 1.33. The van der Waals surface area contributed by atoms with Crippen LogP contribution in [0, 0.1) is 0 Å². The molecule has 144 valence electrons. The zero-order valence-electron chi connectivity index (χ0n) is 16.0. The number of likely N-dealkylation sites (N-methyl/N-ethyl adjacent to an activating group) is 1. The summed E-state index contributed by atoms with van der Waals surface area (Å²) in [6, 6.07) is 15.7. The average molecular weight is 368 g/mol. The number of rotatable bonds is 8. The molecule has 0 aliphatic carbocycles. The number of hydrogen-bond donors (Lipinski definition) is 0. The quantitative estimate of drug-likeness (QED) is 0.668. The number of carbonyl (C=O) groups excluding carboxylic acids is 1. The van der Waals surface area contributed by atoms with Gasteiger partial charge < -0.3 is 14.5 Å². The second kappa shape index (κ2) is 9.92. The van der Waals surface area contributed by atoms with Crippen molar-refractivity contribution in [1.82, 2.24) is 14.8 Å². The maximum atomic E-state index is 12.4. The van der Waals surface area contributed by atoms with Gasteiger partial charge in [0.05, 0.1) is 13.2 Å². The van der Waals surface area contributed by atoms with E-state index in [4.69, 9.17) is 4.74 Å². The Morgan fingerprint density at radius 2 is 1.81 bits per heavy atom. The number of amides is 1. The van der Waals surface area contributed by atoms with Gasteiger partial charge >= 0.3 is 0 Å². The molecular weight excluding hydrogens is 340 g/mol. The van der Waals surface area contributed by atoms with Crippen molar-refractivity contribution < 1.29 is 9.53 Å². The average Bonchev–Trinajstić information content (AvgIpc) is 2.73. The first kappa shape index (κ1) is 19.2. The minimum Gasteiger partial charge on any atom is -0.494 e. The Hall–Kier alpha value is -2.60. The van der Waals surface area contributed by atoms with Crippen LogP contribution < -0.4 is 9.64 Å². The van der Waals surface area contributed by atoms with Crippen LogP contribution in [-0.2, 0) is 4.79 Å². The van der Waals surface area contributed by atoms with Crippen molar-refractivity contribution in [2.45, 2.75) is 6.42 Å². The highest BCUT2D eigenvalue weighted by Crippen LogP contribution is 2.12. The highest BCUT2D eigenvalue weighted by molar-refractivity contribution is 5.78. The molecule has 1 aliphatic heterocycles. The first-order valence-corrected chi connectivity index (χ1v) is 9.52. The zero-order chi connectivity index (χ0) is 18.9. The number of aromatic nitrogens is 1. The summed E-state index contributed by atoms with van der Waals surface area (Å²) in [6.45, 7) is 5.37. The van der Waals surface area contributed by atoms with Crippen LogP contribution in [0.1, 0.15) is 6.42 Å². The van der Waals surface area contributed by atoms with E-state index in [-0.39, 0.29) is 5.91 Å². The first-order chi connectivity index (χ1) is 13.2. The normalized spacial score (nSPS) is 14.8. The van der Waals surface area contributed by atoms with E-state index in [2.05, 4.69) is 14.8 Å². The fourth-order valence-corrected chi connectivity index (χ4v) is 3.12. The summed E-state index contributed by atoms with van der Waals surface area (Å²) in [5, 5.41) is 0. The van der Waals surface area contributed by atoms with E-state index < -0.39 is 0 Å². The molecule has 0 radical (unpaired) electrons. The van der Waals surface area contributed by atoms with Gasteiger partial charge in [-0.3, -0.25) is 9.69 Å². The van der Waals surface area contributed by atoms with Gasteiger partial charge in [-0.05, 0) is 30.7 Å². The van der Waals surface area contributed by atoms with E-state index in [9.17, 15) is 4.79 Å². The van der Waals surface area contributed by atoms with Gasteiger partial charge in [0, 0.05) is 46.0 Å². The van der Waals surface area contributed by atoms with Crippen LogP contribution in [0.15, 0.2) is 54.7 Å². The molecule has 0 N–H and O–H groups in total. The highest BCUT2D eigenvalue weighted by atomic mass is 16.5. The van der Waals surface area contributed by atoms with Gasteiger partial charge in [-0.25, -0.2) is 4.98 Å². The highest BCUT2D eigenvalue weighted by Gasteiger charge is 2.21. The first-order valence-electron chi connectivity index (χ1n) is 9.52. The number of anilines is 1. The topological polar surface area (TPSA) is 48.9 Å². The van der Waals surface area contributed by atoms with Gasteiger partial charge in [0.1, 0.15) is 11.6 Å². The molecule has 1 saturated heterocycles.